The van der Waals surface area contributed by atoms with Gasteiger partial charge in [0.15, 0.2) is 0 Å². The molecule has 2 N–H and O–H groups in total. The molecule has 0 fully saturated rings. The van der Waals surface area contributed by atoms with Crippen molar-refractivity contribution < 1.29 is 14.4 Å². The van der Waals surface area contributed by atoms with Crippen LogP contribution in [0.15, 0.2) is 48.7 Å². The Morgan fingerprint density at radius 1 is 1.00 bits per heavy atom. The Morgan fingerprint density at radius 2 is 1.73 bits per heavy atom. The van der Waals surface area contributed by atoms with E-state index in [0.29, 0.717) is 24.0 Å². The molecule has 1 aromatic heterocycles. The summed E-state index contributed by atoms with van der Waals surface area (Å²) in [6.07, 6.45) is 2.45. The predicted octanol–water partition coefficient (Wildman–Crippen LogP) is 3.30. The van der Waals surface area contributed by atoms with Gasteiger partial charge >= 0.3 is 0 Å². The molecule has 0 aliphatic rings. The molecule has 0 radical (unpaired) electrons. The Bertz CT molecular complexity index is 835. The number of aryl methyl sites for hydroxylation is 1. The van der Waals surface area contributed by atoms with Gasteiger partial charge in [-0.15, -0.1) is 0 Å². The molecule has 7 nitrogen and oxygen atoms in total. The molecule has 0 unspecified atom stereocenters. The zero-order valence-electron chi connectivity index (χ0n) is 17.9. The summed E-state index contributed by atoms with van der Waals surface area (Å²) in [5.74, 6) is 0.122. The number of anilines is 2. The minimum Gasteiger partial charge on any atom is -0.355 e. The Hall–Kier alpha value is -3.22. The van der Waals surface area contributed by atoms with E-state index in [1.807, 2.05) is 31.2 Å². The van der Waals surface area contributed by atoms with Crippen LogP contribution in [0.1, 0.15) is 38.7 Å². The largest absolute Gasteiger partial charge is 0.355 e. The lowest BCUT2D eigenvalue weighted by Crippen LogP contribution is -2.41. The molecule has 0 spiro atoms. The first kappa shape index (κ1) is 23.1. The number of carbonyl (C=O) groups is 3. The van der Waals surface area contributed by atoms with Crippen LogP contribution < -0.4 is 15.5 Å². The van der Waals surface area contributed by atoms with E-state index in [2.05, 4.69) is 29.5 Å². The number of nitrogens with one attached hydrogen (secondary N) is 2. The topological polar surface area (TPSA) is 91.4 Å². The molecule has 30 heavy (non-hydrogen) atoms. The number of hydrogen-bond donors (Lipinski definition) is 2. The molecule has 7 heteroatoms. The van der Waals surface area contributed by atoms with Gasteiger partial charge in [0.05, 0.1) is 0 Å². The third-order valence-corrected chi connectivity index (χ3v) is 4.49. The predicted molar refractivity (Wildman–Crippen MR) is 118 cm³/mol. The van der Waals surface area contributed by atoms with E-state index in [1.165, 1.54) is 4.90 Å². The van der Waals surface area contributed by atoms with Crippen LogP contribution in [-0.4, -0.2) is 35.8 Å². The van der Waals surface area contributed by atoms with Gasteiger partial charge in [-0.2, -0.15) is 0 Å². The van der Waals surface area contributed by atoms with Crippen LogP contribution in [0.2, 0.25) is 0 Å². The smallest absolute Gasteiger partial charge is 0.240 e. The highest BCUT2D eigenvalue weighted by molar-refractivity contribution is 6.01. The molecular formula is C23H30N4O3. The fraction of sp³-hybridized carbons (Fsp3) is 0.391. The van der Waals surface area contributed by atoms with Gasteiger partial charge in [0.25, 0.3) is 0 Å². The van der Waals surface area contributed by atoms with Crippen LogP contribution in [-0.2, 0) is 14.4 Å². The Labute approximate surface area is 177 Å². The second-order valence-electron chi connectivity index (χ2n) is 7.61. The average molecular weight is 411 g/mol. The number of amides is 3. The van der Waals surface area contributed by atoms with Crippen molar-refractivity contribution in [2.45, 2.75) is 40.0 Å². The maximum absolute atomic E-state index is 12.9. The van der Waals surface area contributed by atoms with E-state index >= 15 is 0 Å². The number of carbonyl (C=O) groups excluding carboxylic acids is 3. The number of rotatable bonds is 10. The van der Waals surface area contributed by atoms with E-state index in [0.717, 1.165) is 12.0 Å². The van der Waals surface area contributed by atoms with Gasteiger partial charge < -0.3 is 15.5 Å². The van der Waals surface area contributed by atoms with E-state index < -0.39 is 0 Å². The standard InChI is InChI=1S/C23H30N4O3/c1-17(2)13-15-25-22(29)16-27(19-9-7-18(3)8-10-19)23(30)12-11-21(28)26-20-6-4-5-14-24-20/h4-10,14,17H,11-13,15-16H2,1-3H3,(H,25,29)(H,24,26,28). The van der Waals surface area contributed by atoms with Crippen molar-refractivity contribution in [3.05, 3.63) is 54.2 Å². The molecular weight excluding hydrogens is 380 g/mol. The maximum atomic E-state index is 12.9. The molecule has 0 aliphatic heterocycles. The van der Waals surface area contributed by atoms with Crippen LogP contribution in [0, 0.1) is 12.8 Å². The molecule has 0 bridgehead atoms. The van der Waals surface area contributed by atoms with Crippen molar-refractivity contribution in [2.24, 2.45) is 5.92 Å². The molecule has 2 rings (SSSR count). The summed E-state index contributed by atoms with van der Waals surface area (Å²) in [4.78, 5) is 42.8. The zero-order valence-corrected chi connectivity index (χ0v) is 17.9. The van der Waals surface area contributed by atoms with Crippen LogP contribution in [0.3, 0.4) is 0 Å². The quantitative estimate of drug-likeness (QED) is 0.629. The second-order valence-corrected chi connectivity index (χ2v) is 7.61. The molecule has 2 aromatic rings. The first-order chi connectivity index (χ1) is 14.3. The lowest BCUT2D eigenvalue weighted by Gasteiger charge is -2.23. The fourth-order valence-electron chi connectivity index (χ4n) is 2.75. The van der Waals surface area contributed by atoms with Crippen LogP contribution in [0.5, 0.6) is 0 Å². The van der Waals surface area contributed by atoms with Crippen molar-refractivity contribution in [2.75, 3.05) is 23.3 Å². The lowest BCUT2D eigenvalue weighted by atomic mass is 10.1. The van der Waals surface area contributed by atoms with Gasteiger partial charge in [-0.05, 0) is 43.5 Å². The van der Waals surface area contributed by atoms with E-state index in [9.17, 15) is 14.4 Å². The van der Waals surface area contributed by atoms with Crippen LogP contribution in [0.4, 0.5) is 11.5 Å². The van der Waals surface area contributed by atoms with Crippen LogP contribution in [0.25, 0.3) is 0 Å². The Balaban J connectivity index is 1.98. The molecule has 3 amide bonds. The minimum atomic E-state index is -0.299. The Morgan fingerprint density at radius 3 is 2.37 bits per heavy atom. The summed E-state index contributed by atoms with van der Waals surface area (Å²) in [5.41, 5.74) is 1.69. The summed E-state index contributed by atoms with van der Waals surface area (Å²) in [6, 6.07) is 12.6. The van der Waals surface area contributed by atoms with Crippen molar-refractivity contribution >= 4 is 29.2 Å². The molecule has 0 aliphatic carbocycles. The van der Waals surface area contributed by atoms with E-state index in [-0.39, 0.29) is 37.1 Å². The molecule has 160 valence electrons. The zero-order chi connectivity index (χ0) is 21.9. The monoisotopic (exact) mass is 410 g/mol. The second kappa shape index (κ2) is 11.7. The fourth-order valence-corrected chi connectivity index (χ4v) is 2.75. The molecule has 0 saturated carbocycles. The van der Waals surface area contributed by atoms with Crippen LogP contribution >= 0.6 is 0 Å². The molecule has 1 heterocycles. The highest BCUT2D eigenvalue weighted by Crippen LogP contribution is 2.17. The van der Waals surface area contributed by atoms with Gasteiger partial charge in [0.1, 0.15) is 12.4 Å². The van der Waals surface area contributed by atoms with E-state index in [4.69, 9.17) is 0 Å². The third-order valence-electron chi connectivity index (χ3n) is 4.49. The lowest BCUT2D eigenvalue weighted by molar-refractivity contribution is -0.125. The van der Waals surface area contributed by atoms with Gasteiger partial charge in [-0.3, -0.25) is 14.4 Å². The van der Waals surface area contributed by atoms with Gasteiger partial charge in [-0.25, -0.2) is 4.98 Å². The van der Waals surface area contributed by atoms with Crippen molar-refractivity contribution in [1.82, 2.24) is 10.3 Å². The molecule has 0 saturated heterocycles. The van der Waals surface area contributed by atoms with Crippen molar-refractivity contribution in [3.63, 3.8) is 0 Å². The summed E-state index contributed by atoms with van der Waals surface area (Å²) in [7, 11) is 0. The minimum absolute atomic E-state index is 0.00668. The number of nitrogens with zero attached hydrogens (tertiary/aromatic N) is 2. The molecule has 0 atom stereocenters. The normalized spacial score (nSPS) is 10.5. The summed E-state index contributed by atoms with van der Waals surface area (Å²) < 4.78 is 0. The number of benzene rings is 1. The first-order valence-electron chi connectivity index (χ1n) is 10.2. The van der Waals surface area contributed by atoms with Gasteiger partial charge in [0, 0.05) is 31.3 Å². The summed E-state index contributed by atoms with van der Waals surface area (Å²) in [6.45, 7) is 6.62. The number of aromatic nitrogens is 1. The van der Waals surface area contributed by atoms with Crippen molar-refractivity contribution in [3.8, 4) is 0 Å². The number of hydrogen-bond acceptors (Lipinski definition) is 4. The highest BCUT2D eigenvalue weighted by atomic mass is 16.2. The Kier molecular flexibility index (Phi) is 9.00. The van der Waals surface area contributed by atoms with E-state index in [1.54, 1.807) is 24.4 Å². The highest BCUT2D eigenvalue weighted by Gasteiger charge is 2.20. The SMILES string of the molecule is Cc1ccc(N(CC(=O)NCCC(C)C)C(=O)CCC(=O)Nc2ccccn2)cc1. The summed E-state index contributed by atoms with van der Waals surface area (Å²) in [5, 5.41) is 5.52. The maximum Gasteiger partial charge on any atom is 0.240 e. The average Bonchev–Trinajstić information content (AvgIpc) is 2.71. The van der Waals surface area contributed by atoms with Gasteiger partial charge in [0.2, 0.25) is 17.7 Å². The van der Waals surface area contributed by atoms with Gasteiger partial charge in [-0.1, -0.05) is 37.6 Å². The van der Waals surface area contributed by atoms with Crippen molar-refractivity contribution in [1.29, 1.82) is 0 Å². The summed E-state index contributed by atoms with van der Waals surface area (Å²) >= 11 is 0. The first-order valence-corrected chi connectivity index (χ1v) is 10.2. The number of pyridine rings is 1. The molecule has 1 aromatic carbocycles. The third kappa shape index (κ3) is 8.03.